The van der Waals surface area contributed by atoms with Gasteiger partial charge in [-0.1, -0.05) is 42.8 Å². The van der Waals surface area contributed by atoms with Gasteiger partial charge in [0.05, 0.1) is 12.3 Å². The standard InChI is InChI=1S/C19H19BN4O3/c1-2-5-16-19(22-23-24(16)18-6-3-4-9-21-18)17(25)11-13-7-8-14-12-27-20(26)15(14)10-13/h3-4,6-10,26H,2,5,11-12H2,1H3. The molecule has 0 amide bonds. The zero-order valence-corrected chi connectivity index (χ0v) is 15.0. The molecule has 136 valence electrons. The van der Waals surface area contributed by atoms with Crippen LogP contribution in [0.15, 0.2) is 42.6 Å². The van der Waals surface area contributed by atoms with Gasteiger partial charge in [-0.15, -0.1) is 5.10 Å². The number of ketones is 1. The molecule has 0 saturated heterocycles. The third-order valence-electron chi connectivity index (χ3n) is 4.62. The van der Waals surface area contributed by atoms with Crippen molar-refractivity contribution in [2.45, 2.75) is 32.8 Å². The zero-order chi connectivity index (χ0) is 18.8. The lowest BCUT2D eigenvalue weighted by Gasteiger charge is -2.07. The van der Waals surface area contributed by atoms with E-state index in [1.54, 1.807) is 10.9 Å². The lowest BCUT2D eigenvalue weighted by Crippen LogP contribution is -2.28. The SMILES string of the molecule is CCCc1c(C(=O)Cc2ccc3c(c2)B(O)OC3)nnn1-c1ccccn1. The molecule has 0 spiro atoms. The van der Waals surface area contributed by atoms with Crippen LogP contribution in [0.2, 0.25) is 0 Å². The Labute approximate surface area is 157 Å². The Morgan fingerprint density at radius 2 is 2.22 bits per heavy atom. The van der Waals surface area contributed by atoms with Crippen molar-refractivity contribution in [3.63, 3.8) is 0 Å². The summed E-state index contributed by atoms with van der Waals surface area (Å²) in [6.45, 7) is 2.44. The van der Waals surface area contributed by atoms with Crippen LogP contribution < -0.4 is 5.46 Å². The van der Waals surface area contributed by atoms with Crippen LogP contribution in [0.25, 0.3) is 5.82 Å². The fourth-order valence-corrected chi connectivity index (χ4v) is 3.29. The molecule has 3 heterocycles. The van der Waals surface area contributed by atoms with Gasteiger partial charge < -0.3 is 9.68 Å². The van der Waals surface area contributed by atoms with Gasteiger partial charge in [0.25, 0.3) is 0 Å². The van der Waals surface area contributed by atoms with Gasteiger partial charge in [-0.25, -0.2) is 4.98 Å². The van der Waals surface area contributed by atoms with Crippen LogP contribution >= 0.6 is 0 Å². The first-order valence-electron chi connectivity index (χ1n) is 8.98. The Balaban J connectivity index is 1.62. The molecule has 0 radical (unpaired) electrons. The summed E-state index contributed by atoms with van der Waals surface area (Å²) in [6, 6.07) is 11.2. The highest BCUT2D eigenvalue weighted by atomic mass is 16.5. The minimum atomic E-state index is -0.921. The van der Waals surface area contributed by atoms with E-state index < -0.39 is 7.12 Å². The van der Waals surface area contributed by atoms with E-state index >= 15 is 0 Å². The Kier molecular flexibility index (Phi) is 4.83. The largest absolute Gasteiger partial charge is 0.491 e. The molecule has 0 aliphatic carbocycles. The molecule has 0 atom stereocenters. The average molecular weight is 362 g/mol. The van der Waals surface area contributed by atoms with Gasteiger partial charge in [-0.05, 0) is 35.1 Å². The van der Waals surface area contributed by atoms with Crippen molar-refractivity contribution in [3.05, 3.63) is 65.1 Å². The summed E-state index contributed by atoms with van der Waals surface area (Å²) < 4.78 is 6.85. The summed E-state index contributed by atoms with van der Waals surface area (Å²) in [6.07, 6.45) is 3.42. The number of fused-ring (bicyclic) bond motifs is 1. The van der Waals surface area contributed by atoms with Crippen LogP contribution in [0, 0.1) is 0 Å². The number of aromatic nitrogens is 4. The van der Waals surface area contributed by atoms with Gasteiger partial charge in [-0.3, -0.25) is 4.79 Å². The maximum atomic E-state index is 12.9. The number of hydrogen-bond donors (Lipinski definition) is 1. The number of hydrogen-bond acceptors (Lipinski definition) is 6. The molecule has 1 N–H and O–H groups in total. The van der Waals surface area contributed by atoms with E-state index in [0.29, 0.717) is 24.5 Å². The smallest absolute Gasteiger partial charge is 0.423 e. The van der Waals surface area contributed by atoms with Crippen molar-refractivity contribution in [3.8, 4) is 5.82 Å². The molecule has 0 fully saturated rings. The van der Waals surface area contributed by atoms with E-state index in [1.807, 2.05) is 43.3 Å². The number of benzene rings is 1. The van der Waals surface area contributed by atoms with Gasteiger partial charge in [0, 0.05) is 12.6 Å². The molecule has 2 aromatic heterocycles. The third-order valence-corrected chi connectivity index (χ3v) is 4.62. The normalized spacial score (nSPS) is 13.0. The summed E-state index contributed by atoms with van der Waals surface area (Å²) in [5.74, 6) is 0.541. The second-order valence-electron chi connectivity index (χ2n) is 6.53. The highest BCUT2D eigenvalue weighted by Gasteiger charge is 2.28. The van der Waals surface area contributed by atoms with Crippen molar-refractivity contribution in [1.29, 1.82) is 0 Å². The number of pyridine rings is 1. The van der Waals surface area contributed by atoms with E-state index in [1.165, 1.54) is 0 Å². The van der Waals surface area contributed by atoms with Crippen molar-refractivity contribution in [2.24, 2.45) is 0 Å². The van der Waals surface area contributed by atoms with Crippen LogP contribution in [0.5, 0.6) is 0 Å². The van der Waals surface area contributed by atoms with Crippen LogP contribution in [0.1, 0.15) is 40.7 Å². The number of carbonyl (C=O) groups is 1. The van der Waals surface area contributed by atoms with E-state index in [2.05, 4.69) is 15.3 Å². The topological polar surface area (TPSA) is 90.1 Å². The fraction of sp³-hybridized carbons (Fsp3) is 0.263. The number of Topliss-reactive ketones (excluding diaryl/α,β-unsaturated/α-hetero) is 1. The van der Waals surface area contributed by atoms with E-state index in [0.717, 1.165) is 28.7 Å². The Bertz CT molecular complexity index is 974. The van der Waals surface area contributed by atoms with Crippen LogP contribution in [-0.4, -0.2) is 37.9 Å². The first-order chi connectivity index (χ1) is 13.2. The van der Waals surface area contributed by atoms with Crippen LogP contribution in [0.3, 0.4) is 0 Å². The lowest BCUT2D eigenvalue weighted by molar-refractivity contribution is 0.0987. The molecular weight excluding hydrogens is 343 g/mol. The Morgan fingerprint density at radius 3 is 3.00 bits per heavy atom. The van der Waals surface area contributed by atoms with Gasteiger partial charge in [-0.2, -0.15) is 4.68 Å². The summed E-state index contributed by atoms with van der Waals surface area (Å²) in [5, 5.41) is 18.2. The molecule has 1 aromatic carbocycles. The van der Waals surface area contributed by atoms with Gasteiger partial charge in [0.15, 0.2) is 17.3 Å². The van der Waals surface area contributed by atoms with E-state index in [4.69, 9.17) is 4.65 Å². The predicted octanol–water partition coefficient (Wildman–Crippen LogP) is 1.26. The summed E-state index contributed by atoms with van der Waals surface area (Å²) in [7, 11) is -0.921. The average Bonchev–Trinajstić information content (AvgIpc) is 3.27. The molecule has 7 nitrogen and oxygen atoms in total. The van der Waals surface area contributed by atoms with Crippen molar-refractivity contribution < 1.29 is 14.5 Å². The lowest BCUT2D eigenvalue weighted by atomic mass is 9.78. The quantitative estimate of drug-likeness (QED) is 0.525. The van der Waals surface area contributed by atoms with Crippen LogP contribution in [-0.2, 0) is 24.1 Å². The maximum Gasteiger partial charge on any atom is 0.491 e. The molecule has 4 rings (SSSR count). The number of rotatable bonds is 6. The molecule has 0 unspecified atom stereocenters. The summed E-state index contributed by atoms with van der Waals surface area (Å²) >= 11 is 0. The highest BCUT2D eigenvalue weighted by Crippen LogP contribution is 2.17. The number of carbonyl (C=O) groups excluding carboxylic acids is 1. The molecular formula is C19H19BN4O3. The third kappa shape index (κ3) is 3.41. The summed E-state index contributed by atoms with van der Waals surface area (Å²) in [5.41, 5.74) is 3.64. The summed E-state index contributed by atoms with van der Waals surface area (Å²) in [4.78, 5) is 17.2. The first kappa shape index (κ1) is 17.6. The molecule has 0 saturated carbocycles. The minimum Gasteiger partial charge on any atom is -0.423 e. The number of nitrogens with zero attached hydrogens (tertiary/aromatic N) is 4. The molecule has 1 aliphatic heterocycles. The predicted molar refractivity (Wildman–Crippen MR) is 100 cm³/mol. The second-order valence-corrected chi connectivity index (χ2v) is 6.53. The van der Waals surface area contributed by atoms with Gasteiger partial charge in [0.2, 0.25) is 0 Å². The molecule has 1 aliphatic rings. The maximum absolute atomic E-state index is 12.9. The second kappa shape index (κ2) is 7.42. The Hall–Kier alpha value is -2.84. The van der Waals surface area contributed by atoms with E-state index in [9.17, 15) is 9.82 Å². The highest BCUT2D eigenvalue weighted by molar-refractivity contribution is 6.61. The molecule has 8 heteroatoms. The zero-order valence-electron chi connectivity index (χ0n) is 15.0. The molecule has 27 heavy (non-hydrogen) atoms. The van der Waals surface area contributed by atoms with Crippen molar-refractivity contribution in [1.82, 2.24) is 20.0 Å². The van der Waals surface area contributed by atoms with Crippen LogP contribution in [0.4, 0.5) is 0 Å². The van der Waals surface area contributed by atoms with Crippen molar-refractivity contribution >= 4 is 18.4 Å². The van der Waals surface area contributed by atoms with E-state index in [-0.39, 0.29) is 12.2 Å². The molecule has 3 aromatic rings. The minimum absolute atomic E-state index is 0.103. The van der Waals surface area contributed by atoms with Gasteiger partial charge in [0.1, 0.15) is 0 Å². The first-order valence-corrected chi connectivity index (χ1v) is 8.98. The fourth-order valence-electron chi connectivity index (χ4n) is 3.29. The molecule has 0 bridgehead atoms. The monoisotopic (exact) mass is 362 g/mol. The van der Waals surface area contributed by atoms with Gasteiger partial charge >= 0.3 is 7.12 Å². The van der Waals surface area contributed by atoms with Crippen molar-refractivity contribution in [2.75, 3.05) is 0 Å². The Morgan fingerprint density at radius 1 is 1.33 bits per heavy atom.